The first-order valence-corrected chi connectivity index (χ1v) is 9.57. The molecule has 0 radical (unpaired) electrons. The van der Waals surface area contributed by atoms with Crippen molar-refractivity contribution in [1.29, 1.82) is 0 Å². The van der Waals surface area contributed by atoms with E-state index < -0.39 is 0 Å². The van der Waals surface area contributed by atoms with Gasteiger partial charge in [0, 0.05) is 22.4 Å². The van der Waals surface area contributed by atoms with Gasteiger partial charge in [-0.15, -0.1) is 0 Å². The average molecular weight is 390 g/mol. The lowest BCUT2D eigenvalue weighted by atomic mass is 10.0. The van der Waals surface area contributed by atoms with Crippen molar-refractivity contribution >= 4 is 23.0 Å². The summed E-state index contributed by atoms with van der Waals surface area (Å²) >= 11 is 0. The van der Waals surface area contributed by atoms with Crippen LogP contribution in [0.5, 0.6) is 17.4 Å². The second-order valence-corrected chi connectivity index (χ2v) is 6.51. The first-order valence-electron chi connectivity index (χ1n) is 9.57. The fraction of sp³-hybridized carbons (Fsp3) is 0.217. The van der Waals surface area contributed by atoms with Crippen LogP contribution in [0.2, 0.25) is 0 Å². The SMILES string of the molecule is CCOc1ccc(-c2nc(/C=C3\C(C)=Nc4ccccc43)c(O)o2)cc1OCC. The minimum absolute atomic E-state index is 0.239. The number of aromatic nitrogens is 1. The molecule has 0 amide bonds. The van der Waals surface area contributed by atoms with E-state index >= 15 is 0 Å². The second kappa shape index (κ2) is 7.83. The number of nitrogens with zero attached hydrogens (tertiary/aromatic N) is 2. The van der Waals surface area contributed by atoms with Crippen LogP contribution in [0.3, 0.4) is 0 Å². The van der Waals surface area contributed by atoms with Crippen molar-refractivity contribution in [3.05, 3.63) is 53.7 Å². The van der Waals surface area contributed by atoms with E-state index in [9.17, 15) is 5.11 Å². The molecule has 0 spiro atoms. The summed E-state index contributed by atoms with van der Waals surface area (Å²) in [5, 5.41) is 10.3. The maximum Gasteiger partial charge on any atom is 0.310 e. The lowest BCUT2D eigenvalue weighted by Gasteiger charge is -2.11. The predicted molar refractivity (Wildman–Crippen MR) is 113 cm³/mol. The second-order valence-electron chi connectivity index (χ2n) is 6.51. The van der Waals surface area contributed by atoms with E-state index in [0.29, 0.717) is 41.9 Å². The monoisotopic (exact) mass is 390 g/mol. The molecule has 1 aliphatic rings. The highest BCUT2D eigenvalue weighted by Gasteiger charge is 2.20. The Morgan fingerprint density at radius 3 is 2.59 bits per heavy atom. The lowest BCUT2D eigenvalue weighted by molar-refractivity contribution is 0.287. The quantitative estimate of drug-likeness (QED) is 0.602. The minimum atomic E-state index is -0.239. The Morgan fingerprint density at radius 2 is 1.79 bits per heavy atom. The Labute approximate surface area is 169 Å². The van der Waals surface area contributed by atoms with Gasteiger partial charge in [-0.3, -0.25) is 4.99 Å². The highest BCUT2D eigenvalue weighted by Crippen LogP contribution is 2.38. The minimum Gasteiger partial charge on any atom is -0.490 e. The molecular weight excluding hydrogens is 368 g/mol. The van der Waals surface area contributed by atoms with Crippen molar-refractivity contribution in [3.8, 4) is 28.9 Å². The molecule has 148 valence electrons. The Hall–Kier alpha value is -3.54. The largest absolute Gasteiger partial charge is 0.490 e. The maximum atomic E-state index is 10.3. The number of oxazole rings is 1. The molecule has 6 heteroatoms. The van der Waals surface area contributed by atoms with Crippen molar-refractivity contribution in [2.45, 2.75) is 20.8 Å². The molecule has 1 aliphatic heterocycles. The molecule has 0 atom stereocenters. The van der Waals surface area contributed by atoms with Crippen molar-refractivity contribution < 1.29 is 19.0 Å². The number of fused-ring (bicyclic) bond motifs is 1. The van der Waals surface area contributed by atoms with E-state index in [0.717, 1.165) is 22.5 Å². The van der Waals surface area contributed by atoms with Crippen LogP contribution in [0.15, 0.2) is 51.9 Å². The van der Waals surface area contributed by atoms with E-state index in [2.05, 4.69) is 9.98 Å². The zero-order chi connectivity index (χ0) is 20.4. The summed E-state index contributed by atoms with van der Waals surface area (Å²) in [7, 11) is 0. The molecule has 2 aromatic carbocycles. The molecule has 6 nitrogen and oxygen atoms in total. The van der Waals surface area contributed by atoms with Gasteiger partial charge in [0.05, 0.1) is 18.9 Å². The van der Waals surface area contributed by atoms with Gasteiger partial charge in [0.15, 0.2) is 11.5 Å². The Balaban J connectivity index is 1.71. The highest BCUT2D eigenvalue weighted by atomic mass is 16.5. The summed E-state index contributed by atoms with van der Waals surface area (Å²) in [6.45, 7) is 6.81. The van der Waals surface area contributed by atoms with E-state index in [1.807, 2.05) is 57.2 Å². The third-order valence-corrected chi connectivity index (χ3v) is 4.58. The Bertz CT molecular complexity index is 1110. The molecule has 0 bridgehead atoms. The molecule has 3 aromatic rings. The maximum absolute atomic E-state index is 10.3. The van der Waals surface area contributed by atoms with Crippen molar-refractivity contribution in [2.75, 3.05) is 13.2 Å². The lowest BCUT2D eigenvalue weighted by Crippen LogP contribution is -1.98. The first kappa shape index (κ1) is 18.8. The van der Waals surface area contributed by atoms with Gasteiger partial charge in [-0.2, -0.15) is 0 Å². The predicted octanol–water partition coefficient (Wildman–Crippen LogP) is 5.49. The highest BCUT2D eigenvalue weighted by molar-refractivity contribution is 6.31. The molecule has 0 fully saturated rings. The molecule has 0 aliphatic carbocycles. The summed E-state index contributed by atoms with van der Waals surface area (Å²) in [6, 6.07) is 13.3. The van der Waals surface area contributed by atoms with Crippen molar-refractivity contribution in [3.63, 3.8) is 0 Å². The molecule has 1 aromatic heterocycles. The molecule has 29 heavy (non-hydrogen) atoms. The van der Waals surface area contributed by atoms with E-state index in [1.165, 1.54) is 0 Å². The van der Waals surface area contributed by atoms with Gasteiger partial charge in [-0.05, 0) is 51.1 Å². The normalized spacial score (nSPS) is 14.0. The van der Waals surface area contributed by atoms with Crippen molar-refractivity contribution in [2.24, 2.45) is 4.99 Å². The molecule has 4 rings (SSSR count). The number of allylic oxidation sites excluding steroid dienone is 1. The average Bonchev–Trinajstić information content (AvgIpc) is 3.24. The van der Waals surface area contributed by atoms with E-state index in [1.54, 1.807) is 12.1 Å². The summed E-state index contributed by atoms with van der Waals surface area (Å²) in [6.07, 6.45) is 1.80. The first-order chi connectivity index (χ1) is 14.1. The standard InChI is InChI=1S/C23H22N2O4/c1-4-27-20-11-10-15(12-21(20)28-5-2)22-25-19(23(26)29-22)13-17-14(3)24-18-9-7-6-8-16(17)18/h6-13,26H,4-5H2,1-3H3/b17-13+. The summed E-state index contributed by atoms with van der Waals surface area (Å²) < 4.78 is 16.8. The van der Waals surface area contributed by atoms with Crippen LogP contribution in [-0.4, -0.2) is 29.0 Å². The summed E-state index contributed by atoms with van der Waals surface area (Å²) in [4.78, 5) is 9.04. The Morgan fingerprint density at radius 1 is 1.03 bits per heavy atom. The van der Waals surface area contributed by atoms with Crippen LogP contribution in [0.4, 0.5) is 5.69 Å². The van der Waals surface area contributed by atoms with Gasteiger partial charge < -0.3 is 19.0 Å². The topological polar surface area (TPSA) is 77.1 Å². The van der Waals surface area contributed by atoms with E-state index in [4.69, 9.17) is 13.9 Å². The van der Waals surface area contributed by atoms with Gasteiger partial charge >= 0.3 is 5.95 Å². The van der Waals surface area contributed by atoms with Gasteiger partial charge in [0.2, 0.25) is 5.89 Å². The zero-order valence-corrected chi connectivity index (χ0v) is 16.6. The number of aromatic hydroxyl groups is 1. The molecule has 0 saturated heterocycles. The fourth-order valence-electron chi connectivity index (χ4n) is 3.28. The van der Waals surface area contributed by atoms with Crippen LogP contribution in [0, 0.1) is 0 Å². The van der Waals surface area contributed by atoms with Crippen LogP contribution < -0.4 is 9.47 Å². The van der Waals surface area contributed by atoms with Crippen LogP contribution in [-0.2, 0) is 0 Å². The van der Waals surface area contributed by atoms with Gasteiger partial charge in [0.1, 0.15) is 5.69 Å². The van der Waals surface area contributed by atoms with Crippen molar-refractivity contribution in [1.82, 2.24) is 4.98 Å². The smallest absolute Gasteiger partial charge is 0.310 e. The number of hydrogen-bond donors (Lipinski definition) is 1. The van der Waals surface area contributed by atoms with Gasteiger partial charge in [0.25, 0.3) is 0 Å². The summed E-state index contributed by atoms with van der Waals surface area (Å²) in [5.74, 6) is 1.33. The molecule has 0 unspecified atom stereocenters. The number of aliphatic imine (C=N–C) groups is 1. The summed E-state index contributed by atoms with van der Waals surface area (Å²) in [5.41, 5.74) is 4.75. The molecule has 1 N–H and O–H groups in total. The zero-order valence-electron chi connectivity index (χ0n) is 16.6. The number of benzene rings is 2. The number of rotatable bonds is 6. The van der Waals surface area contributed by atoms with E-state index in [-0.39, 0.29) is 5.95 Å². The molecule has 2 heterocycles. The fourth-order valence-corrected chi connectivity index (χ4v) is 3.28. The molecular formula is C23H22N2O4. The number of hydrogen-bond acceptors (Lipinski definition) is 6. The van der Waals surface area contributed by atoms with Crippen LogP contribution in [0.1, 0.15) is 32.0 Å². The third kappa shape index (κ3) is 3.61. The van der Waals surface area contributed by atoms with Crippen LogP contribution >= 0.6 is 0 Å². The van der Waals surface area contributed by atoms with Crippen LogP contribution in [0.25, 0.3) is 23.1 Å². The number of para-hydroxylation sites is 1. The number of ether oxygens (including phenoxy) is 2. The molecule has 0 saturated carbocycles. The third-order valence-electron chi connectivity index (χ3n) is 4.58. The Kier molecular flexibility index (Phi) is 5.08. The van der Waals surface area contributed by atoms with Gasteiger partial charge in [-0.1, -0.05) is 18.2 Å². The van der Waals surface area contributed by atoms with Gasteiger partial charge in [-0.25, -0.2) is 4.98 Å².